The Balaban J connectivity index is 2.22. The fraction of sp³-hybridized carbons (Fsp3) is 0.188. The molecule has 2 aromatic carbocycles. The summed E-state index contributed by atoms with van der Waals surface area (Å²) in [5.41, 5.74) is 3.39. The van der Waals surface area contributed by atoms with Crippen LogP contribution in [0.1, 0.15) is 15.9 Å². The Morgan fingerprint density at radius 2 is 1.85 bits per heavy atom. The third-order valence-electron chi connectivity index (χ3n) is 3.06. The van der Waals surface area contributed by atoms with Gasteiger partial charge < -0.3 is 10.2 Å². The smallest absolute Gasteiger partial charge is 0.255 e. The third-order valence-corrected chi connectivity index (χ3v) is 3.39. The van der Waals surface area contributed by atoms with Crippen LogP contribution in [0, 0.1) is 6.92 Å². The predicted molar refractivity (Wildman–Crippen MR) is 84.9 cm³/mol. The van der Waals surface area contributed by atoms with Crippen LogP contribution in [0.4, 0.5) is 11.4 Å². The van der Waals surface area contributed by atoms with E-state index in [9.17, 15) is 4.79 Å². The summed E-state index contributed by atoms with van der Waals surface area (Å²) in [5.74, 6) is -0.161. The molecule has 0 aliphatic rings. The highest BCUT2D eigenvalue weighted by molar-refractivity contribution is 6.33. The Morgan fingerprint density at radius 3 is 2.45 bits per heavy atom. The molecule has 0 aliphatic heterocycles. The van der Waals surface area contributed by atoms with E-state index < -0.39 is 0 Å². The van der Waals surface area contributed by atoms with Crippen LogP contribution in [0.15, 0.2) is 42.5 Å². The number of para-hydroxylation sites is 1. The molecule has 0 saturated heterocycles. The van der Waals surface area contributed by atoms with E-state index in [0.29, 0.717) is 16.3 Å². The van der Waals surface area contributed by atoms with E-state index in [0.717, 1.165) is 11.3 Å². The van der Waals surface area contributed by atoms with Crippen molar-refractivity contribution in [2.24, 2.45) is 0 Å². The van der Waals surface area contributed by atoms with Gasteiger partial charge in [-0.25, -0.2) is 0 Å². The molecule has 0 saturated carbocycles. The summed E-state index contributed by atoms with van der Waals surface area (Å²) in [4.78, 5) is 14.2. The quantitative estimate of drug-likeness (QED) is 0.927. The molecule has 0 spiro atoms. The van der Waals surface area contributed by atoms with Crippen molar-refractivity contribution in [3.63, 3.8) is 0 Å². The maximum absolute atomic E-state index is 12.2. The average molecular weight is 289 g/mol. The van der Waals surface area contributed by atoms with Crippen molar-refractivity contribution in [3.05, 3.63) is 58.6 Å². The highest BCUT2D eigenvalue weighted by Gasteiger charge is 2.10. The molecule has 3 nitrogen and oxygen atoms in total. The Kier molecular flexibility index (Phi) is 4.30. The maximum atomic E-state index is 12.2. The molecular weight excluding hydrogens is 272 g/mol. The number of anilines is 2. The van der Waals surface area contributed by atoms with Crippen molar-refractivity contribution in [2.45, 2.75) is 6.92 Å². The molecule has 0 aliphatic carbocycles. The zero-order chi connectivity index (χ0) is 14.7. The van der Waals surface area contributed by atoms with Crippen LogP contribution in [-0.2, 0) is 0 Å². The highest BCUT2D eigenvalue weighted by Crippen LogP contribution is 2.23. The van der Waals surface area contributed by atoms with Gasteiger partial charge in [-0.15, -0.1) is 0 Å². The Bertz CT molecular complexity index is 638. The highest BCUT2D eigenvalue weighted by atomic mass is 35.5. The lowest BCUT2D eigenvalue weighted by molar-refractivity contribution is 0.102. The molecule has 4 heteroatoms. The minimum Gasteiger partial charge on any atom is -0.377 e. The summed E-state index contributed by atoms with van der Waals surface area (Å²) in [6, 6.07) is 12.8. The van der Waals surface area contributed by atoms with Crippen LogP contribution in [0.25, 0.3) is 0 Å². The number of hydrogen-bond acceptors (Lipinski definition) is 2. The van der Waals surface area contributed by atoms with E-state index in [1.165, 1.54) is 0 Å². The average Bonchev–Trinajstić information content (AvgIpc) is 2.40. The first kappa shape index (κ1) is 14.4. The first-order chi connectivity index (χ1) is 9.49. The van der Waals surface area contributed by atoms with Crippen LogP contribution in [-0.4, -0.2) is 20.0 Å². The molecule has 1 N–H and O–H groups in total. The second kappa shape index (κ2) is 5.97. The number of nitrogens with zero attached hydrogens (tertiary/aromatic N) is 1. The number of carbonyl (C=O) groups is 1. The number of rotatable bonds is 3. The van der Waals surface area contributed by atoms with Gasteiger partial charge in [0, 0.05) is 25.3 Å². The summed E-state index contributed by atoms with van der Waals surface area (Å²) in [7, 11) is 3.96. The topological polar surface area (TPSA) is 32.3 Å². The molecule has 0 atom stereocenters. The van der Waals surface area contributed by atoms with Crippen LogP contribution >= 0.6 is 11.6 Å². The summed E-state index contributed by atoms with van der Waals surface area (Å²) >= 11 is 6.03. The largest absolute Gasteiger partial charge is 0.377 e. The van der Waals surface area contributed by atoms with Gasteiger partial charge in [-0.2, -0.15) is 0 Å². The minimum atomic E-state index is -0.161. The van der Waals surface area contributed by atoms with Crippen molar-refractivity contribution in [2.75, 3.05) is 24.3 Å². The molecule has 1 amide bonds. The summed E-state index contributed by atoms with van der Waals surface area (Å²) < 4.78 is 0. The Labute approximate surface area is 124 Å². The molecule has 0 unspecified atom stereocenters. The number of halogens is 1. The molecule has 20 heavy (non-hydrogen) atoms. The van der Waals surface area contributed by atoms with Crippen LogP contribution in [0.3, 0.4) is 0 Å². The molecule has 0 aromatic heterocycles. The van der Waals surface area contributed by atoms with Crippen LogP contribution in [0.5, 0.6) is 0 Å². The SMILES string of the molecule is Cc1cc(C(=O)Nc2ccccc2Cl)ccc1N(C)C. The van der Waals surface area contributed by atoms with Gasteiger partial charge in [0.2, 0.25) is 0 Å². The molecule has 2 rings (SSSR count). The zero-order valence-electron chi connectivity index (χ0n) is 11.8. The summed E-state index contributed by atoms with van der Waals surface area (Å²) in [6.45, 7) is 1.99. The van der Waals surface area contributed by atoms with Gasteiger partial charge in [0.15, 0.2) is 0 Å². The first-order valence-corrected chi connectivity index (χ1v) is 6.70. The van der Waals surface area contributed by atoms with Gasteiger partial charge >= 0.3 is 0 Å². The summed E-state index contributed by atoms with van der Waals surface area (Å²) in [6.07, 6.45) is 0. The van der Waals surface area contributed by atoms with Crippen LogP contribution < -0.4 is 10.2 Å². The molecule has 0 bridgehead atoms. The second-order valence-electron chi connectivity index (χ2n) is 4.83. The minimum absolute atomic E-state index is 0.161. The van der Waals surface area contributed by atoms with E-state index in [2.05, 4.69) is 5.32 Å². The van der Waals surface area contributed by atoms with Gasteiger partial charge in [0.25, 0.3) is 5.91 Å². The standard InChI is InChI=1S/C16H17ClN2O/c1-11-10-12(8-9-15(11)19(2)3)16(20)18-14-7-5-4-6-13(14)17/h4-10H,1-3H3,(H,18,20). The number of carbonyl (C=O) groups excluding carboxylic acids is 1. The van der Waals surface area contributed by atoms with E-state index in [1.807, 2.05) is 56.3 Å². The summed E-state index contributed by atoms with van der Waals surface area (Å²) in [5, 5.41) is 3.35. The van der Waals surface area contributed by atoms with E-state index in [4.69, 9.17) is 11.6 Å². The second-order valence-corrected chi connectivity index (χ2v) is 5.24. The number of nitrogens with one attached hydrogen (secondary N) is 1. The maximum Gasteiger partial charge on any atom is 0.255 e. The van der Waals surface area contributed by atoms with E-state index in [-0.39, 0.29) is 5.91 Å². The zero-order valence-corrected chi connectivity index (χ0v) is 12.5. The van der Waals surface area contributed by atoms with E-state index >= 15 is 0 Å². The van der Waals surface area contributed by atoms with Crippen molar-refractivity contribution in [1.82, 2.24) is 0 Å². The Morgan fingerprint density at radius 1 is 1.15 bits per heavy atom. The Hall–Kier alpha value is -2.00. The molecule has 2 aromatic rings. The number of benzene rings is 2. The van der Waals surface area contributed by atoms with Crippen molar-refractivity contribution >= 4 is 28.9 Å². The molecular formula is C16H17ClN2O. The van der Waals surface area contributed by atoms with Crippen molar-refractivity contribution in [3.8, 4) is 0 Å². The lowest BCUT2D eigenvalue weighted by Gasteiger charge is -2.16. The molecule has 104 valence electrons. The fourth-order valence-electron chi connectivity index (χ4n) is 2.06. The predicted octanol–water partition coefficient (Wildman–Crippen LogP) is 3.97. The van der Waals surface area contributed by atoms with Crippen LogP contribution in [0.2, 0.25) is 5.02 Å². The van der Waals surface area contributed by atoms with Gasteiger partial charge in [-0.1, -0.05) is 23.7 Å². The van der Waals surface area contributed by atoms with Crippen molar-refractivity contribution < 1.29 is 4.79 Å². The lowest BCUT2D eigenvalue weighted by atomic mass is 10.1. The van der Waals surface area contributed by atoms with E-state index in [1.54, 1.807) is 12.1 Å². The van der Waals surface area contributed by atoms with Gasteiger partial charge in [-0.05, 0) is 42.8 Å². The third kappa shape index (κ3) is 3.11. The molecule has 0 fully saturated rings. The monoisotopic (exact) mass is 288 g/mol. The van der Waals surface area contributed by atoms with Gasteiger partial charge in [-0.3, -0.25) is 4.79 Å². The lowest BCUT2D eigenvalue weighted by Crippen LogP contribution is -2.14. The van der Waals surface area contributed by atoms with Gasteiger partial charge in [0.1, 0.15) is 0 Å². The normalized spacial score (nSPS) is 10.2. The van der Waals surface area contributed by atoms with Gasteiger partial charge in [0.05, 0.1) is 10.7 Å². The molecule has 0 heterocycles. The fourth-order valence-corrected chi connectivity index (χ4v) is 2.24. The number of aryl methyl sites for hydroxylation is 1. The van der Waals surface area contributed by atoms with Crippen molar-refractivity contribution in [1.29, 1.82) is 0 Å². The number of hydrogen-bond donors (Lipinski definition) is 1. The molecule has 0 radical (unpaired) electrons. The number of amides is 1. The first-order valence-electron chi connectivity index (χ1n) is 6.33.